The number of amides is 1. The lowest BCUT2D eigenvalue weighted by Crippen LogP contribution is -2.25. The predicted octanol–water partition coefficient (Wildman–Crippen LogP) is 2.70. The molecular weight excluding hydrogens is 266 g/mol. The van der Waals surface area contributed by atoms with E-state index in [1.165, 1.54) is 5.56 Å². The molecular formula is C17H17NO3. The monoisotopic (exact) mass is 283 g/mol. The van der Waals surface area contributed by atoms with Gasteiger partial charge in [-0.1, -0.05) is 35.9 Å². The molecule has 3 rings (SSSR count). The molecule has 0 aliphatic carbocycles. The molecule has 108 valence electrons. The van der Waals surface area contributed by atoms with Gasteiger partial charge >= 0.3 is 0 Å². The highest BCUT2D eigenvalue weighted by Crippen LogP contribution is 2.33. The van der Waals surface area contributed by atoms with Crippen LogP contribution in [0.1, 0.15) is 21.5 Å². The summed E-state index contributed by atoms with van der Waals surface area (Å²) in [6.45, 7) is 3.51. The molecule has 0 aromatic heterocycles. The number of hydrogen-bond donors (Lipinski definition) is 1. The van der Waals surface area contributed by atoms with Crippen molar-refractivity contribution in [3.05, 3.63) is 59.2 Å². The second-order valence-corrected chi connectivity index (χ2v) is 5.00. The van der Waals surface area contributed by atoms with E-state index in [9.17, 15) is 4.79 Å². The van der Waals surface area contributed by atoms with E-state index in [4.69, 9.17) is 9.47 Å². The van der Waals surface area contributed by atoms with Gasteiger partial charge < -0.3 is 14.8 Å². The zero-order valence-electron chi connectivity index (χ0n) is 11.9. The molecule has 4 nitrogen and oxygen atoms in total. The van der Waals surface area contributed by atoms with Gasteiger partial charge in [0.1, 0.15) is 13.2 Å². The highest BCUT2D eigenvalue weighted by atomic mass is 16.6. The largest absolute Gasteiger partial charge is 0.486 e. The molecule has 2 aromatic rings. The third-order valence-electron chi connectivity index (χ3n) is 3.35. The van der Waals surface area contributed by atoms with Gasteiger partial charge in [-0.3, -0.25) is 4.79 Å². The fourth-order valence-corrected chi connectivity index (χ4v) is 2.35. The zero-order valence-corrected chi connectivity index (χ0v) is 11.9. The Bertz CT molecular complexity index is 667. The molecule has 1 aliphatic rings. The van der Waals surface area contributed by atoms with Crippen LogP contribution in [0.25, 0.3) is 0 Å². The number of carbonyl (C=O) groups is 1. The Labute approximate surface area is 123 Å². The van der Waals surface area contributed by atoms with Crippen molar-refractivity contribution in [2.75, 3.05) is 13.2 Å². The van der Waals surface area contributed by atoms with Crippen LogP contribution < -0.4 is 14.8 Å². The van der Waals surface area contributed by atoms with Crippen LogP contribution in [-0.4, -0.2) is 19.1 Å². The molecule has 0 spiro atoms. The van der Waals surface area contributed by atoms with Crippen LogP contribution in [0.2, 0.25) is 0 Å². The summed E-state index contributed by atoms with van der Waals surface area (Å²) in [6.07, 6.45) is 0. The lowest BCUT2D eigenvalue weighted by atomic mass is 10.1. The van der Waals surface area contributed by atoms with Crippen molar-refractivity contribution in [2.45, 2.75) is 13.5 Å². The molecule has 0 bridgehead atoms. The number of ether oxygens (including phenoxy) is 2. The summed E-state index contributed by atoms with van der Waals surface area (Å²) in [4.78, 5) is 12.3. The number of hydrogen-bond acceptors (Lipinski definition) is 3. The Morgan fingerprint density at radius 1 is 1.14 bits per heavy atom. The van der Waals surface area contributed by atoms with Gasteiger partial charge in [0.25, 0.3) is 5.91 Å². The number of nitrogens with one attached hydrogen (secondary N) is 1. The Kier molecular flexibility index (Phi) is 3.77. The minimum Gasteiger partial charge on any atom is -0.486 e. The number of rotatable bonds is 3. The van der Waals surface area contributed by atoms with Gasteiger partial charge in [0, 0.05) is 6.54 Å². The minimum atomic E-state index is -0.154. The molecule has 0 atom stereocenters. The molecule has 0 saturated heterocycles. The smallest absolute Gasteiger partial charge is 0.255 e. The van der Waals surface area contributed by atoms with E-state index in [-0.39, 0.29) is 5.91 Å². The summed E-state index contributed by atoms with van der Waals surface area (Å²) in [5.74, 6) is 1.01. The maximum absolute atomic E-state index is 12.3. The third-order valence-corrected chi connectivity index (χ3v) is 3.35. The van der Waals surface area contributed by atoms with Crippen molar-refractivity contribution in [2.24, 2.45) is 0 Å². The van der Waals surface area contributed by atoms with E-state index >= 15 is 0 Å². The van der Waals surface area contributed by atoms with E-state index < -0.39 is 0 Å². The molecule has 1 amide bonds. The average molecular weight is 283 g/mol. The molecule has 1 heterocycles. The fourth-order valence-electron chi connectivity index (χ4n) is 2.35. The molecule has 0 unspecified atom stereocenters. The maximum atomic E-state index is 12.3. The second-order valence-electron chi connectivity index (χ2n) is 5.00. The zero-order chi connectivity index (χ0) is 14.7. The fraction of sp³-hybridized carbons (Fsp3) is 0.235. The van der Waals surface area contributed by atoms with Crippen LogP contribution in [0.5, 0.6) is 11.5 Å². The van der Waals surface area contributed by atoms with Gasteiger partial charge in [0.15, 0.2) is 11.5 Å². The van der Waals surface area contributed by atoms with Gasteiger partial charge in [-0.25, -0.2) is 0 Å². The normalized spacial score (nSPS) is 12.8. The molecule has 1 N–H and O–H groups in total. The number of para-hydroxylation sites is 1. The van der Waals surface area contributed by atoms with Crippen molar-refractivity contribution in [1.82, 2.24) is 5.32 Å². The molecule has 21 heavy (non-hydrogen) atoms. The summed E-state index contributed by atoms with van der Waals surface area (Å²) in [5.41, 5.74) is 2.76. The van der Waals surface area contributed by atoms with Gasteiger partial charge in [0.2, 0.25) is 0 Å². The summed E-state index contributed by atoms with van der Waals surface area (Å²) in [5, 5.41) is 2.92. The lowest BCUT2D eigenvalue weighted by molar-refractivity contribution is 0.0940. The first-order valence-corrected chi connectivity index (χ1v) is 6.96. The summed E-state index contributed by atoms with van der Waals surface area (Å²) in [7, 11) is 0. The summed E-state index contributed by atoms with van der Waals surface area (Å²) < 4.78 is 11.0. The molecule has 0 radical (unpaired) electrons. The standard InChI is InChI=1S/C17H17NO3/c1-12-4-2-5-13(10-12)11-18-17(19)14-6-3-7-15-16(14)21-9-8-20-15/h2-7,10H,8-9,11H2,1H3,(H,18,19). The average Bonchev–Trinajstić information content (AvgIpc) is 2.52. The van der Waals surface area contributed by atoms with Crippen molar-refractivity contribution in [3.8, 4) is 11.5 Å². The second kappa shape index (κ2) is 5.87. The van der Waals surface area contributed by atoms with Crippen LogP contribution in [0, 0.1) is 6.92 Å². The topological polar surface area (TPSA) is 47.6 Å². The highest BCUT2D eigenvalue weighted by Gasteiger charge is 2.19. The van der Waals surface area contributed by atoms with Crippen LogP contribution in [0.4, 0.5) is 0 Å². The molecule has 4 heteroatoms. The predicted molar refractivity (Wildman–Crippen MR) is 79.8 cm³/mol. The highest BCUT2D eigenvalue weighted by molar-refractivity contribution is 5.97. The van der Waals surface area contributed by atoms with Crippen molar-refractivity contribution in [1.29, 1.82) is 0 Å². The Balaban J connectivity index is 1.74. The van der Waals surface area contributed by atoms with E-state index in [0.717, 1.165) is 5.56 Å². The first-order chi connectivity index (χ1) is 10.2. The number of benzene rings is 2. The van der Waals surface area contributed by atoms with Gasteiger partial charge in [-0.2, -0.15) is 0 Å². The van der Waals surface area contributed by atoms with Gasteiger partial charge in [-0.05, 0) is 24.6 Å². The Morgan fingerprint density at radius 2 is 1.95 bits per heavy atom. The molecule has 0 saturated carbocycles. The SMILES string of the molecule is Cc1cccc(CNC(=O)c2cccc3c2OCCO3)c1. The molecule has 0 fully saturated rings. The minimum absolute atomic E-state index is 0.154. The van der Waals surface area contributed by atoms with E-state index in [1.54, 1.807) is 12.1 Å². The van der Waals surface area contributed by atoms with Crippen molar-refractivity contribution >= 4 is 5.91 Å². The Hall–Kier alpha value is -2.49. The van der Waals surface area contributed by atoms with Crippen LogP contribution in [0.15, 0.2) is 42.5 Å². The van der Waals surface area contributed by atoms with E-state index in [2.05, 4.69) is 11.4 Å². The molecule has 1 aliphatic heterocycles. The lowest BCUT2D eigenvalue weighted by Gasteiger charge is -2.20. The number of carbonyl (C=O) groups excluding carboxylic acids is 1. The summed E-state index contributed by atoms with van der Waals surface area (Å²) >= 11 is 0. The summed E-state index contributed by atoms with van der Waals surface area (Å²) in [6, 6.07) is 13.4. The van der Waals surface area contributed by atoms with E-state index in [0.29, 0.717) is 36.8 Å². The first-order valence-electron chi connectivity index (χ1n) is 6.96. The van der Waals surface area contributed by atoms with E-state index in [1.807, 2.05) is 31.2 Å². The van der Waals surface area contributed by atoms with Crippen LogP contribution in [0.3, 0.4) is 0 Å². The first kappa shape index (κ1) is 13.5. The third kappa shape index (κ3) is 2.99. The molecule has 2 aromatic carbocycles. The maximum Gasteiger partial charge on any atom is 0.255 e. The van der Waals surface area contributed by atoms with Crippen LogP contribution >= 0.6 is 0 Å². The van der Waals surface area contributed by atoms with Crippen molar-refractivity contribution in [3.63, 3.8) is 0 Å². The number of aryl methyl sites for hydroxylation is 1. The number of fused-ring (bicyclic) bond motifs is 1. The quantitative estimate of drug-likeness (QED) is 0.942. The van der Waals surface area contributed by atoms with Gasteiger partial charge in [-0.15, -0.1) is 0 Å². The van der Waals surface area contributed by atoms with Crippen molar-refractivity contribution < 1.29 is 14.3 Å². The van der Waals surface area contributed by atoms with Crippen LogP contribution in [-0.2, 0) is 6.54 Å². The van der Waals surface area contributed by atoms with Gasteiger partial charge in [0.05, 0.1) is 5.56 Å². The Morgan fingerprint density at radius 3 is 2.81 bits per heavy atom.